The fourth-order valence-electron chi connectivity index (χ4n) is 2.52. The Morgan fingerprint density at radius 1 is 1.08 bits per heavy atom. The molecule has 0 saturated carbocycles. The first-order valence-electron chi connectivity index (χ1n) is 7.67. The Bertz CT molecular complexity index is 774. The molecule has 0 aromatic heterocycles. The van der Waals surface area contributed by atoms with Gasteiger partial charge in [0.25, 0.3) is 0 Å². The van der Waals surface area contributed by atoms with Gasteiger partial charge in [0.05, 0.1) is 11.3 Å². The Morgan fingerprint density at radius 3 is 2.32 bits per heavy atom. The predicted molar refractivity (Wildman–Crippen MR) is 99.5 cm³/mol. The zero-order valence-electron chi connectivity index (χ0n) is 14.2. The molecular formula is C18H19BrF3N3. The van der Waals surface area contributed by atoms with Crippen LogP contribution in [-0.2, 0) is 12.6 Å². The summed E-state index contributed by atoms with van der Waals surface area (Å²) < 4.78 is 40.3. The van der Waals surface area contributed by atoms with E-state index in [1.54, 1.807) is 11.9 Å². The maximum Gasteiger partial charge on any atom is 0.418 e. The third kappa shape index (κ3) is 4.15. The minimum atomic E-state index is -4.51. The van der Waals surface area contributed by atoms with Gasteiger partial charge in [-0.3, -0.25) is 5.41 Å². The van der Waals surface area contributed by atoms with Gasteiger partial charge in [0.1, 0.15) is 0 Å². The lowest BCUT2D eigenvalue weighted by Gasteiger charge is -2.30. The Kier molecular flexibility index (Phi) is 5.77. The average molecular weight is 414 g/mol. The molecule has 0 amide bonds. The number of halogens is 4. The number of alkyl halides is 3. The molecule has 0 aliphatic carbocycles. The van der Waals surface area contributed by atoms with Gasteiger partial charge in [0.15, 0.2) is 0 Å². The van der Waals surface area contributed by atoms with Gasteiger partial charge >= 0.3 is 6.18 Å². The zero-order chi connectivity index (χ0) is 18.8. The average Bonchev–Trinajstić information content (AvgIpc) is 2.58. The number of aryl methyl sites for hydroxylation is 1. The Morgan fingerprint density at radius 2 is 1.72 bits per heavy atom. The summed E-state index contributed by atoms with van der Waals surface area (Å²) in [6.45, 7) is 2.02. The van der Waals surface area contributed by atoms with Gasteiger partial charge in [-0.2, -0.15) is 13.2 Å². The molecular weight excluding hydrogens is 395 g/mol. The summed E-state index contributed by atoms with van der Waals surface area (Å²) >= 11 is 3.18. The molecule has 0 spiro atoms. The van der Waals surface area contributed by atoms with E-state index < -0.39 is 11.7 Å². The lowest BCUT2D eigenvalue weighted by atomic mass is 10.1. The number of anilines is 2. The highest BCUT2D eigenvalue weighted by Crippen LogP contribution is 2.40. The molecule has 25 heavy (non-hydrogen) atoms. The van der Waals surface area contributed by atoms with Crippen molar-refractivity contribution in [2.24, 2.45) is 0 Å². The van der Waals surface area contributed by atoms with Gasteiger partial charge in [0, 0.05) is 24.3 Å². The Hall–Kier alpha value is -2.02. The van der Waals surface area contributed by atoms with E-state index in [9.17, 15) is 13.2 Å². The summed E-state index contributed by atoms with van der Waals surface area (Å²) in [5.74, 6) is -0.0642. The third-order valence-corrected chi connectivity index (χ3v) is 4.61. The van der Waals surface area contributed by atoms with E-state index in [1.165, 1.54) is 24.1 Å². The van der Waals surface area contributed by atoms with Gasteiger partial charge in [-0.05, 0) is 52.2 Å². The van der Waals surface area contributed by atoms with Crippen molar-refractivity contribution in [1.29, 1.82) is 5.41 Å². The van der Waals surface area contributed by atoms with Crippen molar-refractivity contribution < 1.29 is 13.2 Å². The molecule has 0 unspecified atom stereocenters. The molecule has 0 radical (unpaired) electrons. The molecule has 0 bridgehead atoms. The second kappa shape index (κ2) is 7.47. The fraction of sp³-hybridized carbons (Fsp3) is 0.278. The van der Waals surface area contributed by atoms with Gasteiger partial charge < -0.3 is 9.80 Å². The van der Waals surface area contributed by atoms with Crippen LogP contribution in [0.25, 0.3) is 0 Å². The molecule has 134 valence electrons. The van der Waals surface area contributed by atoms with Gasteiger partial charge in [-0.25, -0.2) is 0 Å². The first-order chi connectivity index (χ1) is 11.7. The quantitative estimate of drug-likeness (QED) is 0.528. The van der Waals surface area contributed by atoms with Crippen LogP contribution in [0.4, 0.5) is 24.5 Å². The molecule has 0 aliphatic heterocycles. The maximum absolute atomic E-state index is 13.3. The molecule has 2 rings (SSSR count). The summed E-state index contributed by atoms with van der Waals surface area (Å²) in [6, 6.07) is 11.5. The molecule has 0 heterocycles. The summed E-state index contributed by atoms with van der Waals surface area (Å²) in [7, 11) is 3.12. The maximum atomic E-state index is 13.3. The largest absolute Gasteiger partial charge is 0.418 e. The summed E-state index contributed by atoms with van der Waals surface area (Å²) in [5.41, 5.74) is 0.969. The standard InChI is InChI=1S/C18H19BrF3N3/c1-4-12-7-5-8-13(11-12)24(2)17(23)25(3)16-14(18(20,21)22)9-6-10-15(16)19/h5-11,23H,4H2,1-3H3. The highest BCUT2D eigenvalue weighted by atomic mass is 79.9. The molecule has 0 aliphatic rings. The van der Waals surface area contributed by atoms with Crippen LogP contribution in [0.5, 0.6) is 0 Å². The summed E-state index contributed by atoms with van der Waals surface area (Å²) in [6.07, 6.45) is -3.67. The van der Waals surface area contributed by atoms with E-state index >= 15 is 0 Å². The SMILES string of the molecule is CCc1cccc(N(C)C(=N)N(C)c2c(Br)cccc2C(F)(F)F)c1. The number of nitrogens with zero attached hydrogens (tertiary/aromatic N) is 2. The number of rotatable bonds is 3. The van der Waals surface area contributed by atoms with E-state index in [0.29, 0.717) is 0 Å². The van der Waals surface area contributed by atoms with E-state index in [2.05, 4.69) is 15.9 Å². The second-order valence-corrected chi connectivity index (χ2v) is 6.45. The van der Waals surface area contributed by atoms with Crippen LogP contribution in [0.3, 0.4) is 0 Å². The molecule has 0 fully saturated rings. The van der Waals surface area contributed by atoms with Crippen LogP contribution in [0.1, 0.15) is 18.1 Å². The van der Waals surface area contributed by atoms with E-state index in [4.69, 9.17) is 5.41 Å². The molecule has 2 aromatic rings. The van der Waals surface area contributed by atoms with E-state index in [0.717, 1.165) is 23.7 Å². The monoisotopic (exact) mass is 413 g/mol. The van der Waals surface area contributed by atoms with Crippen LogP contribution in [0, 0.1) is 5.41 Å². The van der Waals surface area contributed by atoms with Crippen molar-refractivity contribution in [1.82, 2.24) is 0 Å². The van der Waals surface area contributed by atoms with Crippen LogP contribution in [-0.4, -0.2) is 20.1 Å². The lowest BCUT2D eigenvalue weighted by molar-refractivity contribution is -0.137. The van der Waals surface area contributed by atoms with Crippen molar-refractivity contribution in [3.8, 4) is 0 Å². The smallest absolute Gasteiger partial charge is 0.316 e. The van der Waals surface area contributed by atoms with Crippen molar-refractivity contribution in [3.63, 3.8) is 0 Å². The Balaban J connectivity index is 2.40. The van der Waals surface area contributed by atoms with Gasteiger partial charge in [-0.1, -0.05) is 25.1 Å². The van der Waals surface area contributed by atoms with Crippen molar-refractivity contribution >= 4 is 33.3 Å². The highest BCUT2D eigenvalue weighted by molar-refractivity contribution is 9.10. The lowest BCUT2D eigenvalue weighted by Crippen LogP contribution is -2.40. The van der Waals surface area contributed by atoms with Crippen molar-refractivity contribution in [3.05, 3.63) is 58.1 Å². The molecule has 3 nitrogen and oxygen atoms in total. The van der Waals surface area contributed by atoms with Gasteiger partial charge in [-0.15, -0.1) is 0 Å². The minimum Gasteiger partial charge on any atom is -0.316 e. The molecule has 0 saturated heterocycles. The number of para-hydroxylation sites is 1. The van der Waals surface area contributed by atoms with Crippen LogP contribution in [0.15, 0.2) is 46.9 Å². The fourth-order valence-corrected chi connectivity index (χ4v) is 3.16. The zero-order valence-corrected chi connectivity index (χ0v) is 15.7. The number of hydrogen-bond acceptors (Lipinski definition) is 1. The first-order valence-corrected chi connectivity index (χ1v) is 8.46. The molecule has 7 heteroatoms. The number of guanidine groups is 1. The topological polar surface area (TPSA) is 30.3 Å². The van der Waals surface area contributed by atoms with Gasteiger partial charge in [0.2, 0.25) is 5.96 Å². The summed E-state index contributed by atoms with van der Waals surface area (Å²) in [4.78, 5) is 2.78. The predicted octanol–water partition coefficient (Wildman–Crippen LogP) is 5.54. The third-order valence-electron chi connectivity index (χ3n) is 3.97. The normalized spacial score (nSPS) is 11.3. The Labute approximate surface area is 153 Å². The van der Waals surface area contributed by atoms with E-state index in [1.807, 2.05) is 31.2 Å². The minimum absolute atomic E-state index is 0.0642. The number of hydrogen-bond donors (Lipinski definition) is 1. The second-order valence-electron chi connectivity index (χ2n) is 5.60. The van der Waals surface area contributed by atoms with Crippen LogP contribution in [0.2, 0.25) is 0 Å². The molecule has 2 aromatic carbocycles. The highest BCUT2D eigenvalue weighted by Gasteiger charge is 2.36. The van der Waals surface area contributed by atoms with E-state index in [-0.39, 0.29) is 16.1 Å². The van der Waals surface area contributed by atoms with Crippen LogP contribution >= 0.6 is 15.9 Å². The first kappa shape index (κ1) is 19.3. The molecule has 0 atom stereocenters. The van der Waals surface area contributed by atoms with Crippen molar-refractivity contribution in [2.45, 2.75) is 19.5 Å². The summed E-state index contributed by atoms with van der Waals surface area (Å²) in [5, 5.41) is 8.36. The number of benzene rings is 2. The van der Waals surface area contributed by atoms with Crippen LogP contribution < -0.4 is 9.80 Å². The molecule has 1 N–H and O–H groups in total. The van der Waals surface area contributed by atoms with Crippen molar-refractivity contribution in [2.75, 3.05) is 23.9 Å². The number of nitrogens with one attached hydrogen (secondary N) is 1.